The number of aromatic nitrogens is 2. The molecule has 0 aliphatic heterocycles. The molecule has 1 aromatic carbocycles. The number of alkyl halides is 3. The maximum atomic E-state index is 12.6. The number of nitrogens with one attached hydrogen (secondary N) is 2. The van der Waals surface area contributed by atoms with Gasteiger partial charge in [-0.25, -0.2) is 4.68 Å². The quantitative estimate of drug-likeness (QED) is 0.762. The highest BCUT2D eigenvalue weighted by Crippen LogP contribution is 2.27. The molecule has 24 heavy (non-hydrogen) atoms. The van der Waals surface area contributed by atoms with Gasteiger partial charge < -0.3 is 10.6 Å². The van der Waals surface area contributed by atoms with Gasteiger partial charge in [0.15, 0.2) is 5.69 Å². The van der Waals surface area contributed by atoms with Crippen LogP contribution in [0.25, 0.3) is 5.69 Å². The van der Waals surface area contributed by atoms with E-state index in [1.165, 1.54) is 12.3 Å². The zero-order chi connectivity index (χ0) is 17.6. The van der Waals surface area contributed by atoms with Crippen molar-refractivity contribution in [3.8, 4) is 5.69 Å². The van der Waals surface area contributed by atoms with E-state index in [0.717, 1.165) is 23.7 Å². The molecule has 0 unspecified atom stereocenters. The van der Waals surface area contributed by atoms with Crippen LogP contribution in [0.3, 0.4) is 0 Å². The Morgan fingerprint density at radius 1 is 1.21 bits per heavy atom. The van der Waals surface area contributed by atoms with Crippen molar-refractivity contribution in [2.24, 2.45) is 0 Å². The van der Waals surface area contributed by atoms with Crippen molar-refractivity contribution in [1.29, 1.82) is 0 Å². The summed E-state index contributed by atoms with van der Waals surface area (Å²) in [5.41, 5.74) is -0.214. The van der Waals surface area contributed by atoms with Gasteiger partial charge in [-0.3, -0.25) is 4.79 Å². The molecule has 2 rings (SSSR count). The van der Waals surface area contributed by atoms with E-state index in [4.69, 9.17) is 0 Å². The number of nitrogens with zero attached hydrogens (tertiary/aromatic N) is 2. The molecule has 0 aliphatic rings. The monoisotopic (exact) mass is 340 g/mol. The van der Waals surface area contributed by atoms with Crippen LogP contribution >= 0.6 is 0 Å². The van der Waals surface area contributed by atoms with Gasteiger partial charge in [0.25, 0.3) is 5.91 Å². The fraction of sp³-hybridized carbons (Fsp3) is 0.375. The molecule has 8 heteroatoms. The van der Waals surface area contributed by atoms with Crippen molar-refractivity contribution in [2.45, 2.75) is 19.5 Å². The third kappa shape index (κ3) is 4.82. The number of benzene rings is 1. The topological polar surface area (TPSA) is 58.9 Å². The number of amides is 1. The lowest BCUT2D eigenvalue weighted by Crippen LogP contribution is -2.32. The van der Waals surface area contributed by atoms with E-state index in [1.807, 2.05) is 0 Å². The van der Waals surface area contributed by atoms with Crippen LogP contribution in [0.15, 0.2) is 36.5 Å². The van der Waals surface area contributed by atoms with Crippen LogP contribution in [-0.2, 0) is 6.18 Å². The lowest BCUT2D eigenvalue weighted by molar-refractivity contribution is -0.141. The lowest BCUT2D eigenvalue weighted by atomic mass is 10.2. The molecule has 1 aromatic heterocycles. The zero-order valence-corrected chi connectivity index (χ0v) is 13.2. The molecule has 0 spiro atoms. The number of hydrogen-bond donors (Lipinski definition) is 2. The molecular formula is C16H19F3N4O. The summed E-state index contributed by atoms with van der Waals surface area (Å²) in [6, 6.07) is 7.20. The van der Waals surface area contributed by atoms with E-state index in [-0.39, 0.29) is 5.91 Å². The molecule has 2 aromatic rings. The molecule has 130 valence electrons. The average molecular weight is 340 g/mol. The average Bonchev–Trinajstić information content (AvgIpc) is 3.05. The standard InChI is InChI=1S/C16H19F3N4O/c1-2-7-20-8-9-21-15(24)12-4-3-5-13(11-12)23-10-6-14(22-23)16(17,18)19/h3-6,10-11,20H,2,7-9H2,1H3,(H,21,24). The van der Waals surface area contributed by atoms with Crippen molar-refractivity contribution < 1.29 is 18.0 Å². The smallest absolute Gasteiger partial charge is 0.351 e. The molecule has 1 amide bonds. The van der Waals surface area contributed by atoms with Gasteiger partial charge in [0.2, 0.25) is 0 Å². The van der Waals surface area contributed by atoms with Crippen molar-refractivity contribution in [1.82, 2.24) is 20.4 Å². The van der Waals surface area contributed by atoms with E-state index >= 15 is 0 Å². The fourth-order valence-electron chi connectivity index (χ4n) is 2.08. The number of hydrogen-bond acceptors (Lipinski definition) is 3. The minimum absolute atomic E-state index is 0.279. The third-order valence-electron chi connectivity index (χ3n) is 3.27. The van der Waals surface area contributed by atoms with Gasteiger partial charge in [-0.15, -0.1) is 0 Å². The summed E-state index contributed by atoms with van der Waals surface area (Å²) < 4.78 is 38.9. The minimum Gasteiger partial charge on any atom is -0.351 e. The molecule has 0 atom stereocenters. The number of carbonyl (C=O) groups excluding carboxylic acids is 1. The summed E-state index contributed by atoms with van der Waals surface area (Å²) in [5, 5.41) is 9.41. The first-order chi connectivity index (χ1) is 11.4. The Balaban J connectivity index is 2.03. The maximum absolute atomic E-state index is 12.6. The first kappa shape index (κ1) is 18.0. The second-order valence-electron chi connectivity index (χ2n) is 5.20. The molecule has 0 saturated heterocycles. The van der Waals surface area contributed by atoms with Crippen molar-refractivity contribution in [2.75, 3.05) is 19.6 Å². The van der Waals surface area contributed by atoms with E-state index in [1.54, 1.807) is 18.2 Å². The Morgan fingerprint density at radius 2 is 2.00 bits per heavy atom. The first-order valence-electron chi connectivity index (χ1n) is 7.64. The first-order valence-corrected chi connectivity index (χ1v) is 7.64. The van der Waals surface area contributed by atoms with Crippen LogP contribution < -0.4 is 10.6 Å². The molecule has 0 aliphatic carbocycles. The van der Waals surface area contributed by atoms with Crippen molar-refractivity contribution >= 4 is 5.91 Å². The van der Waals surface area contributed by atoms with E-state index in [0.29, 0.717) is 24.3 Å². The van der Waals surface area contributed by atoms with Crippen LogP contribution in [0, 0.1) is 0 Å². The van der Waals surface area contributed by atoms with Crippen LogP contribution in [0.2, 0.25) is 0 Å². The molecule has 0 bridgehead atoms. The summed E-state index contributed by atoms with van der Waals surface area (Å²) in [6.45, 7) is 4.07. The van der Waals surface area contributed by atoms with Crippen molar-refractivity contribution in [3.05, 3.63) is 47.8 Å². The second-order valence-corrected chi connectivity index (χ2v) is 5.20. The van der Waals surface area contributed by atoms with Gasteiger partial charge in [-0.1, -0.05) is 13.0 Å². The lowest BCUT2D eigenvalue weighted by Gasteiger charge is -2.08. The van der Waals surface area contributed by atoms with E-state index in [9.17, 15) is 18.0 Å². The summed E-state index contributed by atoms with van der Waals surface area (Å²) in [5.74, 6) is -0.279. The molecule has 1 heterocycles. The Labute approximate surface area is 137 Å². The predicted octanol–water partition coefficient (Wildman–Crippen LogP) is 2.62. The number of carbonyl (C=O) groups is 1. The van der Waals surface area contributed by atoms with Crippen molar-refractivity contribution in [3.63, 3.8) is 0 Å². The third-order valence-corrected chi connectivity index (χ3v) is 3.27. The van der Waals surface area contributed by atoms with Gasteiger partial charge in [0, 0.05) is 24.8 Å². The Bertz CT molecular complexity index is 682. The number of halogens is 3. The highest BCUT2D eigenvalue weighted by molar-refractivity contribution is 5.94. The van der Waals surface area contributed by atoms with Gasteiger partial charge >= 0.3 is 6.18 Å². The molecule has 0 saturated carbocycles. The van der Waals surface area contributed by atoms with Gasteiger partial charge in [0.1, 0.15) is 0 Å². The fourth-order valence-corrected chi connectivity index (χ4v) is 2.08. The molecule has 5 nitrogen and oxygen atoms in total. The van der Waals surface area contributed by atoms with Crippen LogP contribution in [-0.4, -0.2) is 35.3 Å². The van der Waals surface area contributed by atoms with E-state index in [2.05, 4.69) is 22.7 Å². The molecular weight excluding hydrogens is 321 g/mol. The molecule has 0 fully saturated rings. The predicted molar refractivity (Wildman–Crippen MR) is 84.1 cm³/mol. The summed E-state index contributed by atoms with van der Waals surface area (Å²) in [4.78, 5) is 12.1. The minimum atomic E-state index is -4.49. The van der Waals surface area contributed by atoms with Crippen LogP contribution in [0.5, 0.6) is 0 Å². The van der Waals surface area contributed by atoms with Crippen LogP contribution in [0.4, 0.5) is 13.2 Å². The summed E-state index contributed by atoms with van der Waals surface area (Å²) in [7, 11) is 0. The largest absolute Gasteiger partial charge is 0.435 e. The normalized spacial score (nSPS) is 11.5. The van der Waals surface area contributed by atoms with Crippen LogP contribution in [0.1, 0.15) is 29.4 Å². The Kier molecular flexibility index (Phi) is 5.97. The van der Waals surface area contributed by atoms with E-state index < -0.39 is 11.9 Å². The SMILES string of the molecule is CCCNCCNC(=O)c1cccc(-n2ccc(C(F)(F)F)n2)c1. The van der Waals surface area contributed by atoms with Gasteiger partial charge in [-0.05, 0) is 37.2 Å². The van der Waals surface area contributed by atoms with Gasteiger partial charge in [-0.2, -0.15) is 18.3 Å². The summed E-state index contributed by atoms with van der Waals surface area (Å²) in [6.07, 6.45) is -2.26. The Hall–Kier alpha value is -2.35. The Morgan fingerprint density at radius 3 is 2.67 bits per heavy atom. The maximum Gasteiger partial charge on any atom is 0.435 e. The molecule has 2 N–H and O–H groups in total. The highest BCUT2D eigenvalue weighted by Gasteiger charge is 2.33. The summed E-state index contributed by atoms with van der Waals surface area (Å²) >= 11 is 0. The second kappa shape index (κ2) is 7.96. The number of rotatable bonds is 7. The van der Waals surface area contributed by atoms with Gasteiger partial charge in [0.05, 0.1) is 5.69 Å². The molecule has 0 radical (unpaired) electrons. The highest BCUT2D eigenvalue weighted by atomic mass is 19.4. The zero-order valence-electron chi connectivity index (χ0n) is 13.2.